The van der Waals surface area contributed by atoms with Gasteiger partial charge in [-0.25, -0.2) is 9.78 Å². The van der Waals surface area contributed by atoms with Crippen LogP contribution in [0.2, 0.25) is 0 Å². The van der Waals surface area contributed by atoms with E-state index in [1.165, 1.54) is 18.4 Å². The molecule has 2 aromatic heterocycles. The number of ether oxygens (including phenoxy) is 1. The highest BCUT2D eigenvalue weighted by Crippen LogP contribution is 2.55. The Hall–Kier alpha value is -2.08. The third-order valence-electron chi connectivity index (χ3n) is 6.56. The van der Waals surface area contributed by atoms with Crippen LogP contribution in [0, 0.1) is 17.8 Å². The molecular formula is C19H24N4O2. The Morgan fingerprint density at radius 1 is 1.44 bits per heavy atom. The van der Waals surface area contributed by atoms with Crippen molar-refractivity contribution in [3.05, 3.63) is 30.1 Å². The predicted octanol–water partition coefficient (Wildman–Crippen LogP) is 2.17. The molecule has 132 valence electrons. The number of likely N-dealkylation sites (tertiary alicyclic amines) is 1. The van der Waals surface area contributed by atoms with E-state index in [0.717, 1.165) is 24.0 Å². The second-order valence-corrected chi connectivity index (χ2v) is 7.69. The summed E-state index contributed by atoms with van der Waals surface area (Å²) in [6, 6.07) is 4.36. The van der Waals surface area contributed by atoms with E-state index in [4.69, 9.17) is 4.74 Å². The van der Waals surface area contributed by atoms with Crippen molar-refractivity contribution in [1.82, 2.24) is 20.2 Å². The minimum Gasteiger partial charge on any atom is -0.379 e. The molecule has 5 atom stereocenters. The molecule has 2 aliphatic carbocycles. The summed E-state index contributed by atoms with van der Waals surface area (Å²) in [4.78, 5) is 22.3. The van der Waals surface area contributed by atoms with E-state index < -0.39 is 0 Å². The van der Waals surface area contributed by atoms with Crippen LogP contribution in [0.3, 0.4) is 0 Å². The van der Waals surface area contributed by atoms with Gasteiger partial charge < -0.3 is 19.9 Å². The van der Waals surface area contributed by atoms with Crippen molar-refractivity contribution in [2.45, 2.75) is 31.4 Å². The fraction of sp³-hybridized carbons (Fsp3) is 0.579. The fourth-order valence-corrected chi connectivity index (χ4v) is 5.58. The maximum Gasteiger partial charge on any atom is 0.317 e. The van der Waals surface area contributed by atoms with Gasteiger partial charge in [-0.2, -0.15) is 0 Å². The van der Waals surface area contributed by atoms with Crippen molar-refractivity contribution >= 4 is 17.1 Å². The van der Waals surface area contributed by atoms with Crippen LogP contribution in [0.25, 0.3) is 11.0 Å². The smallest absolute Gasteiger partial charge is 0.317 e. The lowest BCUT2D eigenvalue weighted by Gasteiger charge is -2.31. The monoisotopic (exact) mass is 340 g/mol. The van der Waals surface area contributed by atoms with E-state index in [1.54, 1.807) is 13.3 Å². The number of nitrogens with zero attached hydrogens (tertiary/aromatic N) is 2. The highest BCUT2D eigenvalue weighted by Gasteiger charge is 2.60. The van der Waals surface area contributed by atoms with Crippen molar-refractivity contribution in [3.8, 4) is 0 Å². The molecule has 0 radical (unpaired) electrons. The first-order chi connectivity index (χ1) is 12.3. The van der Waals surface area contributed by atoms with Gasteiger partial charge in [0.2, 0.25) is 0 Å². The molecule has 0 spiro atoms. The molecule has 1 aliphatic heterocycles. The van der Waals surface area contributed by atoms with Crippen molar-refractivity contribution < 1.29 is 9.53 Å². The van der Waals surface area contributed by atoms with Crippen molar-refractivity contribution in [1.29, 1.82) is 0 Å². The lowest BCUT2D eigenvalue weighted by molar-refractivity contribution is 0.0190. The molecule has 25 heavy (non-hydrogen) atoms. The van der Waals surface area contributed by atoms with Gasteiger partial charge in [0.05, 0.1) is 12.1 Å². The molecule has 3 aliphatic rings. The lowest BCUT2D eigenvalue weighted by atomic mass is 9.88. The quantitative estimate of drug-likeness (QED) is 0.896. The van der Waals surface area contributed by atoms with Crippen molar-refractivity contribution in [2.24, 2.45) is 17.8 Å². The zero-order valence-corrected chi connectivity index (χ0v) is 14.4. The number of rotatable bonds is 4. The van der Waals surface area contributed by atoms with Crippen LogP contribution in [0.5, 0.6) is 0 Å². The van der Waals surface area contributed by atoms with Gasteiger partial charge in [0.1, 0.15) is 5.65 Å². The molecule has 6 nitrogen and oxygen atoms in total. The highest BCUT2D eigenvalue weighted by molar-refractivity contribution is 5.79. The van der Waals surface area contributed by atoms with E-state index in [-0.39, 0.29) is 18.2 Å². The van der Waals surface area contributed by atoms with Gasteiger partial charge in [0.25, 0.3) is 0 Å². The number of H-pyrrole nitrogens is 1. The number of methoxy groups -OCH3 is 1. The number of urea groups is 1. The summed E-state index contributed by atoms with van der Waals surface area (Å²) in [5.41, 5.74) is 2.10. The molecule has 6 heteroatoms. The van der Waals surface area contributed by atoms with E-state index in [2.05, 4.69) is 21.4 Å². The summed E-state index contributed by atoms with van der Waals surface area (Å²) in [5.74, 6) is 1.99. The minimum atomic E-state index is 0.0695. The Labute approximate surface area is 146 Å². The van der Waals surface area contributed by atoms with Crippen LogP contribution in [0.1, 0.15) is 18.4 Å². The SMILES string of the molecule is CO[C@@H]1[C@H]2C[C@@H]3CN(C(=O)NCCc4c[nH]c5ncccc45)[C@@H]1[C@H]3C2. The molecule has 3 fully saturated rings. The zero-order valence-electron chi connectivity index (χ0n) is 14.4. The van der Waals surface area contributed by atoms with Gasteiger partial charge >= 0.3 is 6.03 Å². The first-order valence-electron chi connectivity index (χ1n) is 9.24. The summed E-state index contributed by atoms with van der Waals surface area (Å²) >= 11 is 0. The van der Waals surface area contributed by atoms with Crippen molar-refractivity contribution in [3.63, 3.8) is 0 Å². The van der Waals surface area contributed by atoms with Gasteiger partial charge in [-0.3, -0.25) is 0 Å². The third kappa shape index (κ3) is 2.27. The molecule has 5 rings (SSSR count). The number of nitrogens with one attached hydrogen (secondary N) is 2. The first-order valence-corrected chi connectivity index (χ1v) is 9.24. The molecule has 2 saturated carbocycles. The Balaban J connectivity index is 1.23. The maximum atomic E-state index is 12.7. The van der Waals surface area contributed by atoms with Gasteiger partial charge in [-0.1, -0.05) is 0 Å². The fourth-order valence-electron chi connectivity index (χ4n) is 5.58. The summed E-state index contributed by atoms with van der Waals surface area (Å²) < 4.78 is 5.73. The number of hydrogen-bond acceptors (Lipinski definition) is 3. The Kier molecular flexibility index (Phi) is 3.48. The molecule has 3 heterocycles. The second kappa shape index (κ2) is 5.73. The van der Waals surface area contributed by atoms with Crippen LogP contribution >= 0.6 is 0 Å². The summed E-state index contributed by atoms with van der Waals surface area (Å²) in [6.07, 6.45) is 7.27. The number of hydrogen-bond donors (Lipinski definition) is 2. The third-order valence-corrected chi connectivity index (χ3v) is 6.56. The summed E-state index contributed by atoms with van der Waals surface area (Å²) in [7, 11) is 1.79. The summed E-state index contributed by atoms with van der Waals surface area (Å²) in [6.45, 7) is 1.54. The Morgan fingerprint density at radius 3 is 3.24 bits per heavy atom. The van der Waals surface area contributed by atoms with E-state index in [1.807, 2.05) is 17.2 Å². The molecular weight excluding hydrogens is 316 g/mol. The number of aromatic nitrogens is 2. The molecule has 2 amide bonds. The predicted molar refractivity (Wildman–Crippen MR) is 94.2 cm³/mol. The number of aromatic amines is 1. The molecule has 2 bridgehead atoms. The molecule has 0 aromatic carbocycles. The largest absolute Gasteiger partial charge is 0.379 e. The summed E-state index contributed by atoms with van der Waals surface area (Å²) in [5, 5.41) is 4.25. The molecule has 2 aromatic rings. The van der Waals surface area contributed by atoms with Gasteiger partial charge in [0.15, 0.2) is 0 Å². The number of amides is 2. The topological polar surface area (TPSA) is 70.2 Å². The van der Waals surface area contributed by atoms with Crippen molar-refractivity contribution in [2.75, 3.05) is 20.2 Å². The van der Waals surface area contributed by atoms with Crippen LogP contribution < -0.4 is 5.32 Å². The maximum absolute atomic E-state index is 12.7. The normalized spacial score (nSPS) is 32.7. The van der Waals surface area contributed by atoms with E-state index in [9.17, 15) is 4.79 Å². The molecule has 1 saturated heterocycles. The van der Waals surface area contributed by atoms with Gasteiger partial charge in [-0.15, -0.1) is 0 Å². The minimum absolute atomic E-state index is 0.0695. The zero-order chi connectivity index (χ0) is 17.0. The standard InChI is InChI=1S/C19H24N4O2/c1-25-17-12-7-13-10-23(16(17)15(13)8-12)19(24)21-6-4-11-9-22-18-14(11)3-2-5-20-18/h2-3,5,9,12-13,15-17H,4,6-8,10H2,1H3,(H,20,22)(H,21,24)/t12-,13+,15-,16+,17+/m0/s1. The molecule has 2 N–H and O–H groups in total. The van der Waals surface area contributed by atoms with Crippen LogP contribution in [0.4, 0.5) is 4.79 Å². The van der Waals surface area contributed by atoms with Crippen LogP contribution in [0.15, 0.2) is 24.5 Å². The first kappa shape index (κ1) is 15.2. The van der Waals surface area contributed by atoms with E-state index in [0.29, 0.717) is 24.3 Å². The lowest BCUT2D eigenvalue weighted by Crippen LogP contribution is -2.48. The molecule has 0 unspecified atom stereocenters. The van der Waals surface area contributed by atoms with Crippen LogP contribution in [-0.4, -0.2) is 53.2 Å². The van der Waals surface area contributed by atoms with Gasteiger partial charge in [-0.05, 0) is 54.7 Å². The average Bonchev–Trinajstić information content (AvgIpc) is 3.34. The average molecular weight is 340 g/mol. The van der Waals surface area contributed by atoms with Gasteiger partial charge in [0, 0.05) is 38.0 Å². The number of carbonyl (C=O) groups excluding carboxylic acids is 1. The number of pyridine rings is 1. The van der Waals surface area contributed by atoms with E-state index >= 15 is 0 Å². The van der Waals surface area contributed by atoms with Crippen LogP contribution in [-0.2, 0) is 11.2 Å². The second-order valence-electron chi connectivity index (χ2n) is 7.69. The Morgan fingerprint density at radius 2 is 2.36 bits per heavy atom. The Bertz CT molecular complexity index is 802. The number of fused-ring (bicyclic) bond motifs is 2. The number of carbonyl (C=O) groups is 1. The highest BCUT2D eigenvalue weighted by atomic mass is 16.5.